The predicted molar refractivity (Wildman–Crippen MR) is 101 cm³/mol. The molecule has 0 unspecified atom stereocenters. The van der Waals surface area contributed by atoms with Crippen molar-refractivity contribution < 1.29 is 9.53 Å². The molecule has 2 aromatic carbocycles. The first-order valence-electron chi connectivity index (χ1n) is 9.01. The molecule has 1 aliphatic carbocycles. The number of rotatable bonds is 7. The number of benzene rings is 2. The highest BCUT2D eigenvalue weighted by atomic mass is 16.5. The maximum absolute atomic E-state index is 12.0. The van der Waals surface area contributed by atoms with E-state index in [-0.39, 0.29) is 12.5 Å². The molecule has 25 heavy (non-hydrogen) atoms. The van der Waals surface area contributed by atoms with Gasteiger partial charge < -0.3 is 15.4 Å². The van der Waals surface area contributed by atoms with Crippen molar-refractivity contribution in [3.05, 3.63) is 59.7 Å². The van der Waals surface area contributed by atoms with Gasteiger partial charge in [-0.15, -0.1) is 0 Å². The van der Waals surface area contributed by atoms with Crippen LogP contribution in [0.25, 0.3) is 0 Å². The van der Waals surface area contributed by atoms with Crippen LogP contribution in [0.15, 0.2) is 48.5 Å². The Morgan fingerprint density at radius 1 is 1.12 bits per heavy atom. The van der Waals surface area contributed by atoms with Gasteiger partial charge in [0.25, 0.3) is 5.91 Å². The SMILES string of the molecule is Cc1ccc(NC(=O)COc2cccc(CNC3CCCC3)c2)cc1. The number of hydrogen-bond acceptors (Lipinski definition) is 3. The van der Waals surface area contributed by atoms with Crippen molar-refractivity contribution in [2.24, 2.45) is 0 Å². The van der Waals surface area contributed by atoms with Gasteiger partial charge in [0.2, 0.25) is 0 Å². The average Bonchev–Trinajstić information content (AvgIpc) is 3.14. The molecule has 0 saturated heterocycles. The third-order valence-electron chi connectivity index (χ3n) is 4.55. The Balaban J connectivity index is 1.46. The standard InChI is InChI=1S/C21H26N2O2/c1-16-9-11-19(12-10-16)23-21(24)15-25-20-8-4-5-17(13-20)14-22-18-6-2-3-7-18/h4-5,8-13,18,22H,2-3,6-7,14-15H2,1H3,(H,23,24). The molecule has 1 amide bonds. The van der Waals surface area contributed by atoms with Gasteiger partial charge in [0, 0.05) is 18.3 Å². The van der Waals surface area contributed by atoms with Crippen molar-refractivity contribution in [1.82, 2.24) is 5.32 Å². The van der Waals surface area contributed by atoms with Gasteiger partial charge in [-0.3, -0.25) is 4.79 Å². The van der Waals surface area contributed by atoms with Crippen LogP contribution >= 0.6 is 0 Å². The zero-order valence-electron chi connectivity index (χ0n) is 14.8. The Bertz CT molecular complexity index is 691. The molecule has 2 N–H and O–H groups in total. The fourth-order valence-corrected chi connectivity index (χ4v) is 3.12. The predicted octanol–water partition coefficient (Wildman–Crippen LogP) is 4.04. The molecule has 2 aromatic rings. The minimum absolute atomic E-state index is 0.00732. The molecule has 4 nitrogen and oxygen atoms in total. The van der Waals surface area contributed by atoms with E-state index in [1.807, 2.05) is 49.4 Å². The molecule has 0 bridgehead atoms. The minimum Gasteiger partial charge on any atom is -0.484 e. The summed E-state index contributed by atoms with van der Waals surface area (Å²) in [5.74, 6) is 0.572. The lowest BCUT2D eigenvalue weighted by Gasteiger charge is -2.13. The summed E-state index contributed by atoms with van der Waals surface area (Å²) in [5, 5.41) is 6.43. The summed E-state index contributed by atoms with van der Waals surface area (Å²) in [4.78, 5) is 12.0. The summed E-state index contributed by atoms with van der Waals surface area (Å²) in [6, 6.07) is 16.3. The third-order valence-corrected chi connectivity index (χ3v) is 4.55. The topological polar surface area (TPSA) is 50.4 Å². The second-order valence-electron chi connectivity index (χ2n) is 6.71. The van der Waals surface area contributed by atoms with Crippen LogP contribution in [0.3, 0.4) is 0 Å². The smallest absolute Gasteiger partial charge is 0.262 e. The highest BCUT2D eigenvalue weighted by molar-refractivity contribution is 5.91. The van der Waals surface area contributed by atoms with E-state index in [1.54, 1.807) is 0 Å². The maximum Gasteiger partial charge on any atom is 0.262 e. The van der Waals surface area contributed by atoms with Crippen molar-refractivity contribution in [3.8, 4) is 5.75 Å². The second kappa shape index (κ2) is 8.67. The largest absolute Gasteiger partial charge is 0.484 e. The van der Waals surface area contributed by atoms with E-state index in [1.165, 1.54) is 31.2 Å². The van der Waals surface area contributed by atoms with E-state index < -0.39 is 0 Å². The lowest BCUT2D eigenvalue weighted by molar-refractivity contribution is -0.118. The fraction of sp³-hybridized carbons (Fsp3) is 0.381. The van der Waals surface area contributed by atoms with Gasteiger partial charge in [-0.05, 0) is 49.6 Å². The Hall–Kier alpha value is -2.33. The number of carbonyl (C=O) groups excluding carboxylic acids is 1. The van der Waals surface area contributed by atoms with Gasteiger partial charge in [-0.25, -0.2) is 0 Å². The number of hydrogen-bond donors (Lipinski definition) is 2. The molecule has 1 aliphatic rings. The van der Waals surface area contributed by atoms with E-state index in [4.69, 9.17) is 4.74 Å². The van der Waals surface area contributed by atoms with Crippen molar-refractivity contribution in [1.29, 1.82) is 0 Å². The lowest BCUT2D eigenvalue weighted by Crippen LogP contribution is -2.25. The maximum atomic E-state index is 12.0. The molecule has 1 fully saturated rings. The zero-order chi connectivity index (χ0) is 17.5. The fourth-order valence-electron chi connectivity index (χ4n) is 3.12. The molecule has 0 heterocycles. The van der Waals surface area contributed by atoms with Crippen molar-refractivity contribution in [2.75, 3.05) is 11.9 Å². The number of anilines is 1. The molecule has 1 saturated carbocycles. The van der Waals surface area contributed by atoms with Crippen LogP contribution in [0.1, 0.15) is 36.8 Å². The van der Waals surface area contributed by atoms with Gasteiger partial charge in [0.1, 0.15) is 5.75 Å². The Morgan fingerprint density at radius 3 is 2.64 bits per heavy atom. The summed E-state index contributed by atoms with van der Waals surface area (Å²) < 4.78 is 5.64. The first-order valence-corrected chi connectivity index (χ1v) is 9.01. The monoisotopic (exact) mass is 338 g/mol. The molecule has 0 aliphatic heterocycles. The third kappa shape index (κ3) is 5.61. The van der Waals surface area contributed by atoms with Crippen LogP contribution in [0, 0.1) is 6.92 Å². The number of amides is 1. The molecule has 0 aromatic heterocycles. The van der Waals surface area contributed by atoms with Crippen LogP contribution in [-0.4, -0.2) is 18.6 Å². The normalized spacial score (nSPS) is 14.4. The highest BCUT2D eigenvalue weighted by Crippen LogP contribution is 2.19. The number of aryl methyl sites for hydroxylation is 1. The quantitative estimate of drug-likeness (QED) is 0.801. The molecule has 0 atom stereocenters. The number of carbonyl (C=O) groups is 1. The Morgan fingerprint density at radius 2 is 1.88 bits per heavy atom. The van der Waals surface area contributed by atoms with Gasteiger partial charge in [-0.2, -0.15) is 0 Å². The van der Waals surface area contributed by atoms with Crippen LogP contribution in [0.5, 0.6) is 5.75 Å². The summed E-state index contributed by atoms with van der Waals surface area (Å²) in [6.07, 6.45) is 5.21. The molecule has 132 valence electrons. The van der Waals surface area contributed by atoms with Crippen LogP contribution < -0.4 is 15.4 Å². The van der Waals surface area contributed by atoms with Crippen LogP contribution in [-0.2, 0) is 11.3 Å². The van der Waals surface area contributed by atoms with E-state index >= 15 is 0 Å². The van der Waals surface area contributed by atoms with Gasteiger partial charge in [0.15, 0.2) is 6.61 Å². The van der Waals surface area contributed by atoms with Crippen molar-refractivity contribution >= 4 is 11.6 Å². The van der Waals surface area contributed by atoms with Gasteiger partial charge in [0.05, 0.1) is 0 Å². The molecule has 0 radical (unpaired) electrons. The van der Waals surface area contributed by atoms with E-state index in [0.29, 0.717) is 6.04 Å². The van der Waals surface area contributed by atoms with Crippen LogP contribution in [0.2, 0.25) is 0 Å². The van der Waals surface area contributed by atoms with Crippen molar-refractivity contribution in [2.45, 2.75) is 45.2 Å². The average molecular weight is 338 g/mol. The first-order chi connectivity index (χ1) is 12.2. The molecular formula is C21H26N2O2. The van der Waals surface area contributed by atoms with E-state index in [9.17, 15) is 4.79 Å². The summed E-state index contributed by atoms with van der Waals surface area (Å²) >= 11 is 0. The minimum atomic E-state index is -0.154. The number of nitrogens with one attached hydrogen (secondary N) is 2. The Labute approximate surface area is 149 Å². The highest BCUT2D eigenvalue weighted by Gasteiger charge is 2.13. The summed E-state index contributed by atoms with van der Waals surface area (Å²) in [6.45, 7) is 2.87. The Kier molecular flexibility index (Phi) is 6.07. The second-order valence-corrected chi connectivity index (χ2v) is 6.71. The first kappa shape index (κ1) is 17.5. The van der Waals surface area contributed by atoms with Gasteiger partial charge in [-0.1, -0.05) is 42.7 Å². The van der Waals surface area contributed by atoms with Gasteiger partial charge >= 0.3 is 0 Å². The lowest BCUT2D eigenvalue weighted by atomic mass is 10.2. The number of ether oxygens (including phenoxy) is 1. The van der Waals surface area contributed by atoms with E-state index in [2.05, 4.69) is 16.7 Å². The molecule has 4 heteroatoms. The summed E-state index contributed by atoms with van der Waals surface area (Å²) in [7, 11) is 0. The zero-order valence-corrected chi connectivity index (χ0v) is 14.8. The van der Waals surface area contributed by atoms with Crippen LogP contribution in [0.4, 0.5) is 5.69 Å². The molecule has 0 spiro atoms. The molecular weight excluding hydrogens is 312 g/mol. The molecule has 3 rings (SSSR count). The van der Waals surface area contributed by atoms with Crippen molar-refractivity contribution in [3.63, 3.8) is 0 Å². The summed E-state index contributed by atoms with van der Waals surface area (Å²) in [5.41, 5.74) is 3.13. The van der Waals surface area contributed by atoms with E-state index in [0.717, 1.165) is 23.5 Å².